The second-order valence-electron chi connectivity index (χ2n) is 8.59. The van der Waals surface area contributed by atoms with Crippen molar-refractivity contribution in [3.63, 3.8) is 0 Å². The number of carbonyl (C=O) groups excluding carboxylic acids is 2. The van der Waals surface area contributed by atoms with Gasteiger partial charge in [0.05, 0.1) is 5.57 Å². The second kappa shape index (κ2) is 12.1. The minimum Gasteiger partial charge on any atom is -0.488 e. The van der Waals surface area contributed by atoms with Crippen LogP contribution in [-0.4, -0.2) is 59.8 Å². The van der Waals surface area contributed by atoms with Gasteiger partial charge in [0.15, 0.2) is 0 Å². The van der Waals surface area contributed by atoms with Crippen LogP contribution in [0.25, 0.3) is 10.8 Å². The molecule has 2 N–H and O–H groups in total. The average Bonchev–Trinajstić information content (AvgIpc) is 3.42. The molecule has 0 aromatic heterocycles. The van der Waals surface area contributed by atoms with Crippen LogP contribution in [0.4, 0.5) is 0 Å². The van der Waals surface area contributed by atoms with Gasteiger partial charge >= 0.3 is 0 Å². The summed E-state index contributed by atoms with van der Waals surface area (Å²) in [5, 5.41) is 15.7. The molecular weight excluding hydrogens is 442 g/mol. The molecule has 0 spiro atoms. The predicted molar refractivity (Wildman–Crippen MR) is 135 cm³/mol. The Morgan fingerprint density at radius 3 is 2.49 bits per heavy atom. The third-order valence-corrected chi connectivity index (χ3v) is 6.07. The van der Waals surface area contributed by atoms with E-state index in [0.29, 0.717) is 22.9 Å². The van der Waals surface area contributed by atoms with E-state index in [-0.39, 0.29) is 18.1 Å². The van der Waals surface area contributed by atoms with Gasteiger partial charge in [-0.25, -0.2) is 0 Å². The van der Waals surface area contributed by atoms with Crippen molar-refractivity contribution in [2.24, 2.45) is 0 Å². The van der Waals surface area contributed by atoms with Crippen LogP contribution >= 0.6 is 0 Å². The Kier molecular flexibility index (Phi) is 8.48. The first-order valence-electron chi connectivity index (χ1n) is 12.0. The van der Waals surface area contributed by atoms with Gasteiger partial charge in [-0.2, -0.15) is 5.06 Å². The minimum atomic E-state index is -0.630. The summed E-state index contributed by atoms with van der Waals surface area (Å²) >= 11 is 0. The van der Waals surface area contributed by atoms with Crippen molar-refractivity contribution < 1.29 is 19.5 Å². The summed E-state index contributed by atoms with van der Waals surface area (Å²) in [5.74, 6) is -0.392. The molecule has 2 amide bonds. The molecule has 1 aliphatic heterocycles. The summed E-state index contributed by atoms with van der Waals surface area (Å²) in [5.41, 5.74) is 0.456. The molecule has 1 fully saturated rings. The Morgan fingerprint density at radius 1 is 0.971 bits per heavy atom. The number of benzene rings is 3. The Bertz CT molecular complexity index is 1170. The lowest BCUT2D eigenvalue weighted by atomic mass is 10.1. The maximum atomic E-state index is 13.0. The first-order chi connectivity index (χ1) is 17.1. The highest BCUT2D eigenvalue weighted by molar-refractivity contribution is 5.97. The molecule has 0 bridgehead atoms. The molecule has 7 nitrogen and oxygen atoms in total. The minimum absolute atomic E-state index is 0.106. The number of hydroxylamine groups is 2. The first-order valence-corrected chi connectivity index (χ1v) is 12.0. The van der Waals surface area contributed by atoms with E-state index in [1.807, 2.05) is 42.5 Å². The summed E-state index contributed by atoms with van der Waals surface area (Å²) in [4.78, 5) is 28.0. The topological polar surface area (TPSA) is 82.1 Å². The number of ether oxygens (including phenoxy) is 1. The van der Waals surface area contributed by atoms with Gasteiger partial charge in [-0.15, -0.1) is 0 Å². The highest BCUT2D eigenvalue weighted by Crippen LogP contribution is 2.25. The van der Waals surface area contributed by atoms with E-state index in [1.165, 1.54) is 12.8 Å². The number of likely N-dealkylation sites (tertiary alicyclic amines) is 1. The van der Waals surface area contributed by atoms with Crippen LogP contribution in [0.15, 0.2) is 84.6 Å². The van der Waals surface area contributed by atoms with Gasteiger partial charge in [0.25, 0.3) is 11.8 Å². The third kappa shape index (κ3) is 6.68. The molecule has 3 aromatic carbocycles. The average molecular weight is 474 g/mol. The van der Waals surface area contributed by atoms with Crippen LogP contribution in [0.1, 0.15) is 29.6 Å². The smallest absolute Gasteiger partial charge is 0.281 e. The maximum absolute atomic E-state index is 13.0. The van der Waals surface area contributed by atoms with Crippen LogP contribution in [0.5, 0.6) is 5.75 Å². The lowest BCUT2D eigenvalue weighted by Crippen LogP contribution is -2.32. The summed E-state index contributed by atoms with van der Waals surface area (Å²) in [6, 6.07) is 21.9. The van der Waals surface area contributed by atoms with E-state index >= 15 is 0 Å². The molecule has 35 heavy (non-hydrogen) atoms. The fraction of sp³-hybridized carbons (Fsp3) is 0.286. The lowest BCUT2D eigenvalue weighted by molar-refractivity contribution is -0.118. The van der Waals surface area contributed by atoms with Crippen molar-refractivity contribution in [2.75, 3.05) is 32.8 Å². The number of hydrogen-bond acceptors (Lipinski definition) is 5. The van der Waals surface area contributed by atoms with Crippen molar-refractivity contribution in [2.45, 2.75) is 19.3 Å². The number of rotatable bonds is 10. The Balaban J connectivity index is 1.46. The molecule has 1 aliphatic rings. The van der Waals surface area contributed by atoms with Crippen LogP contribution in [0.2, 0.25) is 0 Å². The molecule has 182 valence electrons. The molecule has 0 unspecified atom stereocenters. The van der Waals surface area contributed by atoms with E-state index in [2.05, 4.69) is 10.2 Å². The zero-order valence-corrected chi connectivity index (χ0v) is 19.7. The summed E-state index contributed by atoms with van der Waals surface area (Å²) in [7, 11) is 0. The number of amides is 2. The second-order valence-corrected chi connectivity index (χ2v) is 8.59. The van der Waals surface area contributed by atoms with Gasteiger partial charge in [-0.1, -0.05) is 54.6 Å². The Labute approximate surface area is 205 Å². The summed E-state index contributed by atoms with van der Waals surface area (Å²) in [6.07, 6.45) is 4.42. The normalized spacial score (nSPS) is 14.1. The molecule has 3 aromatic rings. The largest absolute Gasteiger partial charge is 0.488 e. The summed E-state index contributed by atoms with van der Waals surface area (Å²) in [6.45, 7) is 3.55. The SMILES string of the molecule is O=C(NCCCN1CCCC1)C(=CN(O)C(=O)c1ccccc1)COc1cccc2ccccc12. The van der Waals surface area contributed by atoms with Crippen LogP contribution in [0.3, 0.4) is 0 Å². The van der Waals surface area contributed by atoms with Gasteiger partial charge in [-0.3, -0.25) is 14.8 Å². The molecule has 0 aliphatic carbocycles. The van der Waals surface area contributed by atoms with Crippen LogP contribution in [0, 0.1) is 0 Å². The third-order valence-electron chi connectivity index (χ3n) is 6.07. The monoisotopic (exact) mass is 473 g/mol. The van der Waals surface area contributed by atoms with Crippen molar-refractivity contribution in [1.29, 1.82) is 0 Å². The zero-order chi connectivity index (χ0) is 24.5. The number of carbonyl (C=O) groups is 2. The van der Waals surface area contributed by atoms with E-state index in [0.717, 1.165) is 43.0 Å². The van der Waals surface area contributed by atoms with E-state index < -0.39 is 5.91 Å². The zero-order valence-electron chi connectivity index (χ0n) is 19.7. The van der Waals surface area contributed by atoms with Crippen LogP contribution < -0.4 is 10.1 Å². The molecule has 0 atom stereocenters. The quantitative estimate of drug-likeness (QED) is 0.199. The van der Waals surface area contributed by atoms with Crippen molar-refractivity contribution in [3.8, 4) is 5.75 Å². The van der Waals surface area contributed by atoms with Crippen molar-refractivity contribution in [1.82, 2.24) is 15.3 Å². The van der Waals surface area contributed by atoms with Crippen molar-refractivity contribution in [3.05, 3.63) is 90.1 Å². The number of nitrogens with zero attached hydrogens (tertiary/aromatic N) is 2. The Morgan fingerprint density at radius 2 is 1.69 bits per heavy atom. The van der Waals surface area contributed by atoms with Gasteiger partial charge < -0.3 is 15.0 Å². The number of hydrogen-bond donors (Lipinski definition) is 2. The number of fused-ring (bicyclic) bond motifs is 1. The van der Waals surface area contributed by atoms with Gasteiger partial charge in [0.1, 0.15) is 12.4 Å². The molecule has 0 saturated carbocycles. The summed E-state index contributed by atoms with van der Waals surface area (Å²) < 4.78 is 5.99. The lowest BCUT2D eigenvalue weighted by Gasteiger charge is -2.17. The van der Waals surface area contributed by atoms with E-state index in [9.17, 15) is 14.8 Å². The van der Waals surface area contributed by atoms with E-state index in [4.69, 9.17) is 4.74 Å². The Hall–Kier alpha value is -3.68. The standard InChI is InChI=1S/C28H31N3O4/c32-27(29-16-9-19-30-17-6-7-18-30)24(20-31(34)28(33)23-11-2-1-3-12-23)21-35-26-15-8-13-22-10-4-5-14-25(22)26/h1-5,8,10-15,20,34H,6-7,9,16-19,21H2,(H,29,32). The maximum Gasteiger partial charge on any atom is 0.281 e. The van der Waals surface area contributed by atoms with Gasteiger partial charge in [0.2, 0.25) is 0 Å². The highest BCUT2D eigenvalue weighted by Gasteiger charge is 2.18. The number of nitrogens with one attached hydrogen (secondary N) is 1. The van der Waals surface area contributed by atoms with Crippen molar-refractivity contribution >= 4 is 22.6 Å². The van der Waals surface area contributed by atoms with Gasteiger partial charge in [-0.05, 0) is 62.5 Å². The fourth-order valence-corrected chi connectivity index (χ4v) is 4.18. The predicted octanol–water partition coefficient (Wildman–Crippen LogP) is 4.24. The first kappa shape index (κ1) is 24.4. The van der Waals surface area contributed by atoms with E-state index in [1.54, 1.807) is 30.3 Å². The molecule has 0 radical (unpaired) electrons. The van der Waals surface area contributed by atoms with Crippen LogP contribution in [-0.2, 0) is 4.79 Å². The molecular formula is C28H31N3O4. The highest BCUT2D eigenvalue weighted by atomic mass is 16.5. The fourth-order valence-electron chi connectivity index (χ4n) is 4.18. The molecule has 1 heterocycles. The molecule has 1 saturated heterocycles. The molecule has 7 heteroatoms. The molecule has 4 rings (SSSR count). The van der Waals surface area contributed by atoms with Gasteiger partial charge in [0, 0.05) is 23.7 Å².